The maximum absolute atomic E-state index is 13.0. The van der Waals surface area contributed by atoms with Gasteiger partial charge in [0.15, 0.2) is 0 Å². The highest BCUT2D eigenvalue weighted by Gasteiger charge is 2.35. The number of pyridine rings is 1. The van der Waals surface area contributed by atoms with Gasteiger partial charge in [0.2, 0.25) is 0 Å². The van der Waals surface area contributed by atoms with Crippen LogP contribution in [0.1, 0.15) is 53.3 Å². The molecule has 4 aromatic rings. The van der Waals surface area contributed by atoms with E-state index in [2.05, 4.69) is 26.0 Å². The summed E-state index contributed by atoms with van der Waals surface area (Å²) >= 11 is 0. The molecule has 1 aliphatic heterocycles. The minimum absolute atomic E-state index is 0.164. The number of alkyl halides is 3. The number of hydrogen-bond donors (Lipinski definition) is 1. The Morgan fingerprint density at radius 2 is 1.87 bits per heavy atom. The van der Waals surface area contributed by atoms with Crippen molar-refractivity contribution in [3.05, 3.63) is 71.8 Å². The number of nitrogens with zero attached hydrogens (tertiary/aromatic N) is 4. The molecule has 0 amide bonds. The van der Waals surface area contributed by atoms with Gasteiger partial charge in [-0.3, -0.25) is 0 Å². The number of para-hydroxylation sites is 1. The molecule has 2 fully saturated rings. The van der Waals surface area contributed by atoms with Gasteiger partial charge < -0.3 is 19.3 Å². The fraction of sp³-hybridized carbons (Fsp3) is 0.321. The van der Waals surface area contributed by atoms with Gasteiger partial charge in [-0.25, -0.2) is 9.31 Å². The Morgan fingerprint density at radius 3 is 2.59 bits per heavy atom. The molecule has 3 aromatic heterocycles. The highest BCUT2D eigenvalue weighted by atomic mass is 19.4. The van der Waals surface area contributed by atoms with Crippen molar-refractivity contribution in [1.82, 2.24) is 14.8 Å². The fourth-order valence-corrected chi connectivity index (χ4v) is 5.09. The highest BCUT2D eigenvalue weighted by molar-refractivity contribution is 5.95. The Kier molecular flexibility index (Phi) is 6.28. The molecule has 8 nitrogen and oxygen atoms in total. The Morgan fingerprint density at radius 1 is 1.10 bits per heavy atom. The molecule has 0 unspecified atom stereocenters. The number of allylic oxidation sites excluding steroid dienone is 1. The second-order valence-electron chi connectivity index (χ2n) is 9.89. The predicted molar refractivity (Wildman–Crippen MR) is 137 cm³/mol. The number of hydrogen-bond acceptors (Lipinski definition) is 6. The number of carboxylic acid groups (broad SMARTS) is 1. The van der Waals surface area contributed by atoms with Crippen LogP contribution < -0.4 is 9.64 Å². The third-order valence-corrected chi connectivity index (χ3v) is 7.24. The molecule has 1 aromatic carbocycles. The van der Waals surface area contributed by atoms with Crippen LogP contribution in [0.25, 0.3) is 22.9 Å². The molecular weight excluding hydrogens is 513 g/mol. The number of piperidine rings is 1. The summed E-state index contributed by atoms with van der Waals surface area (Å²) in [6.07, 6.45) is 6.08. The van der Waals surface area contributed by atoms with Crippen molar-refractivity contribution < 1.29 is 32.3 Å². The lowest BCUT2D eigenvalue weighted by Gasteiger charge is -2.32. The molecule has 39 heavy (non-hydrogen) atoms. The lowest BCUT2D eigenvalue weighted by molar-refractivity contribution is -0.274. The van der Waals surface area contributed by atoms with E-state index in [9.17, 15) is 23.1 Å². The molecule has 1 aliphatic carbocycles. The maximum Gasteiger partial charge on any atom is 0.573 e. The Balaban J connectivity index is 1.19. The minimum atomic E-state index is -4.82. The van der Waals surface area contributed by atoms with Crippen molar-refractivity contribution in [3.63, 3.8) is 0 Å². The van der Waals surface area contributed by atoms with E-state index in [1.165, 1.54) is 18.3 Å². The standard InChI is InChI=1S/C28H25F3N4O4/c29-28(30,31)38-24-4-2-1-3-20(24)25-21(26(39-33-25)18-6-7-18)9-5-17-11-13-34(14-12-17)19-8-10-23-22(27(36)37)15-32-35(23)16-19/h1-5,8-10,15-18H,6-7,11-14H2,(H,36,37). The quantitative estimate of drug-likeness (QED) is 0.291. The Bertz CT molecular complexity index is 1550. The van der Waals surface area contributed by atoms with Gasteiger partial charge in [-0.1, -0.05) is 29.4 Å². The van der Waals surface area contributed by atoms with E-state index in [1.54, 1.807) is 22.7 Å². The van der Waals surface area contributed by atoms with Gasteiger partial charge in [0, 0.05) is 30.1 Å². The second-order valence-corrected chi connectivity index (χ2v) is 9.89. The highest BCUT2D eigenvalue weighted by Crippen LogP contribution is 2.46. The average Bonchev–Trinajstić information content (AvgIpc) is 3.52. The molecule has 11 heteroatoms. The van der Waals surface area contributed by atoms with Gasteiger partial charge in [0.1, 0.15) is 22.8 Å². The van der Waals surface area contributed by atoms with Crippen molar-refractivity contribution in [1.29, 1.82) is 0 Å². The van der Waals surface area contributed by atoms with Crippen molar-refractivity contribution >= 4 is 23.2 Å². The number of fused-ring (bicyclic) bond motifs is 1. The number of rotatable bonds is 7. The van der Waals surface area contributed by atoms with Gasteiger partial charge in [-0.2, -0.15) is 5.10 Å². The molecule has 6 rings (SSSR count). The lowest BCUT2D eigenvalue weighted by atomic mass is 9.94. The number of ether oxygens (including phenoxy) is 1. The summed E-state index contributed by atoms with van der Waals surface area (Å²) in [6, 6.07) is 9.65. The van der Waals surface area contributed by atoms with Crippen LogP contribution in [-0.4, -0.2) is 45.3 Å². The summed E-state index contributed by atoms with van der Waals surface area (Å²) in [5.74, 6) is -0.128. The zero-order chi connectivity index (χ0) is 27.1. The molecule has 1 saturated carbocycles. The topological polar surface area (TPSA) is 93.1 Å². The second kappa shape index (κ2) is 9.79. The molecule has 0 radical (unpaired) electrons. The van der Waals surface area contributed by atoms with E-state index >= 15 is 0 Å². The molecule has 0 bridgehead atoms. The van der Waals surface area contributed by atoms with Gasteiger partial charge in [0.05, 0.1) is 23.6 Å². The Hall–Kier alpha value is -4.28. The lowest BCUT2D eigenvalue weighted by Crippen LogP contribution is -2.33. The molecule has 0 atom stereocenters. The number of aromatic nitrogens is 3. The van der Waals surface area contributed by atoms with Gasteiger partial charge in [-0.15, -0.1) is 13.2 Å². The minimum Gasteiger partial charge on any atom is -0.478 e. The molecule has 2 aliphatic rings. The maximum atomic E-state index is 13.0. The monoisotopic (exact) mass is 538 g/mol. The zero-order valence-corrected chi connectivity index (χ0v) is 20.8. The number of halogens is 3. The normalized spacial score (nSPS) is 16.8. The van der Waals surface area contributed by atoms with E-state index in [4.69, 9.17) is 4.52 Å². The predicted octanol–water partition coefficient (Wildman–Crippen LogP) is 6.39. The third-order valence-electron chi connectivity index (χ3n) is 7.24. The first-order valence-electron chi connectivity index (χ1n) is 12.8. The third kappa shape index (κ3) is 5.21. The van der Waals surface area contributed by atoms with Crippen LogP contribution in [0.4, 0.5) is 18.9 Å². The first kappa shape index (κ1) is 25.0. The van der Waals surface area contributed by atoms with Crippen molar-refractivity contribution in [3.8, 4) is 17.0 Å². The molecular formula is C28H25F3N4O4. The number of aromatic carboxylic acids is 1. The number of benzene rings is 1. The number of carbonyl (C=O) groups is 1. The summed E-state index contributed by atoms with van der Waals surface area (Å²) < 4.78 is 50.6. The van der Waals surface area contributed by atoms with Gasteiger partial charge >= 0.3 is 12.3 Å². The number of anilines is 1. The molecule has 202 valence electrons. The van der Waals surface area contributed by atoms with Crippen molar-refractivity contribution in [2.45, 2.75) is 38.0 Å². The fourth-order valence-electron chi connectivity index (χ4n) is 5.09. The Labute approximate surface area is 221 Å². The summed E-state index contributed by atoms with van der Waals surface area (Å²) in [5.41, 5.74) is 2.96. The zero-order valence-electron chi connectivity index (χ0n) is 20.8. The van der Waals surface area contributed by atoms with Crippen LogP contribution in [0.2, 0.25) is 0 Å². The SMILES string of the molecule is O=C(O)c1cnn2cc(N3CCC(C=Cc4c(-c5ccccc5OC(F)(F)F)noc4C4CC4)CC3)ccc12. The summed E-state index contributed by atoms with van der Waals surface area (Å²) in [5, 5.41) is 17.6. The molecule has 4 heterocycles. The smallest absolute Gasteiger partial charge is 0.478 e. The average molecular weight is 539 g/mol. The van der Waals surface area contributed by atoms with Crippen LogP contribution in [0.15, 0.2) is 59.4 Å². The van der Waals surface area contributed by atoms with E-state index in [1.807, 2.05) is 18.3 Å². The number of carboxylic acids is 1. The summed E-state index contributed by atoms with van der Waals surface area (Å²) in [7, 11) is 0. The molecule has 0 spiro atoms. The van der Waals surface area contributed by atoms with Crippen LogP contribution in [0, 0.1) is 5.92 Å². The largest absolute Gasteiger partial charge is 0.573 e. The van der Waals surface area contributed by atoms with Crippen LogP contribution in [-0.2, 0) is 0 Å². The first-order chi connectivity index (χ1) is 18.8. The van der Waals surface area contributed by atoms with Crippen LogP contribution in [0.5, 0.6) is 5.75 Å². The summed E-state index contributed by atoms with van der Waals surface area (Å²) in [6.45, 7) is 1.59. The van der Waals surface area contributed by atoms with Gasteiger partial charge in [0.25, 0.3) is 0 Å². The summed E-state index contributed by atoms with van der Waals surface area (Å²) in [4.78, 5) is 13.6. The van der Waals surface area contributed by atoms with Gasteiger partial charge in [-0.05, 0) is 55.9 Å². The van der Waals surface area contributed by atoms with Crippen LogP contribution >= 0.6 is 0 Å². The van der Waals surface area contributed by atoms with E-state index in [0.717, 1.165) is 44.5 Å². The van der Waals surface area contributed by atoms with Crippen LogP contribution in [0.3, 0.4) is 0 Å². The van der Waals surface area contributed by atoms with Crippen molar-refractivity contribution in [2.24, 2.45) is 5.92 Å². The molecule has 1 saturated heterocycles. The van der Waals surface area contributed by atoms with E-state index in [-0.39, 0.29) is 28.7 Å². The van der Waals surface area contributed by atoms with E-state index < -0.39 is 12.3 Å². The van der Waals surface area contributed by atoms with Crippen molar-refractivity contribution in [2.75, 3.05) is 18.0 Å². The first-order valence-corrected chi connectivity index (χ1v) is 12.8. The molecule has 1 N–H and O–H groups in total. The van der Waals surface area contributed by atoms with E-state index in [0.29, 0.717) is 22.5 Å².